The fourth-order valence-corrected chi connectivity index (χ4v) is 1.06. The summed E-state index contributed by atoms with van der Waals surface area (Å²) >= 11 is 5.37. The van der Waals surface area contributed by atoms with E-state index in [1.807, 2.05) is 0 Å². The maximum atomic E-state index is 6.61. The fraction of sp³-hybridized carbons (Fsp3) is 0.688. The predicted octanol–water partition coefficient (Wildman–Crippen LogP) is -11.6. The first-order valence-electron chi connectivity index (χ1n) is 6.37. The number of alkyl halides is 1. The maximum Gasteiger partial charge on any atom is 2.00 e. The second-order valence-electron chi connectivity index (χ2n) is 3.57. The molecule has 0 aliphatic heterocycles. The van der Waals surface area contributed by atoms with Crippen molar-refractivity contribution in [1.82, 2.24) is 0 Å². The summed E-state index contributed by atoms with van der Waals surface area (Å²) in [5.41, 5.74) is 0. The maximum absolute atomic E-state index is 6.61. The quantitative estimate of drug-likeness (QED) is 0.0906. The van der Waals surface area contributed by atoms with Crippen molar-refractivity contribution < 1.29 is 80.3 Å². The van der Waals surface area contributed by atoms with Gasteiger partial charge in [-0.05, 0) is 31.6 Å². The smallest absolute Gasteiger partial charge is 1.00 e. The molecule has 11 heteroatoms. The molecule has 0 atom stereocenters. The van der Waals surface area contributed by atoms with Crippen molar-refractivity contribution in [2.75, 3.05) is 20.0 Å². The molecule has 0 N–H and O–H groups in total. The minimum atomic E-state index is 0. The zero-order valence-electron chi connectivity index (χ0n) is 16.9. The van der Waals surface area contributed by atoms with Gasteiger partial charge in [-0.2, -0.15) is 21.0 Å². The minimum Gasteiger partial charge on any atom is -1.00 e. The van der Waals surface area contributed by atoms with E-state index in [-0.39, 0.29) is 173 Å². The third kappa shape index (κ3) is 90.8. The topological polar surface area (TPSA) is 14.1 Å². The number of halogens is 6. The van der Waals surface area contributed by atoms with Crippen LogP contribution in [0.3, 0.4) is 0 Å². The summed E-state index contributed by atoms with van der Waals surface area (Å²) in [5.74, 6) is 6.27. The summed E-state index contributed by atoms with van der Waals surface area (Å²) in [4.78, 5) is 0. The summed E-state index contributed by atoms with van der Waals surface area (Å²) in [7, 11) is 3.50. The molecule has 1 nitrogen and oxygen atoms in total. The van der Waals surface area contributed by atoms with Gasteiger partial charge in [-0.3, -0.25) is 0 Å². The van der Waals surface area contributed by atoms with Crippen molar-refractivity contribution in [1.29, 1.82) is 0 Å². The Morgan fingerprint density at radius 2 is 1.33 bits per heavy atom. The number of terminal acetylenes is 1. The molecule has 0 unspecified atom stereocenters. The van der Waals surface area contributed by atoms with E-state index in [4.69, 9.17) is 24.4 Å². The zero-order chi connectivity index (χ0) is 14.6. The summed E-state index contributed by atoms with van der Waals surface area (Å²) in [6.07, 6.45) is 18.3. The van der Waals surface area contributed by atoms with Gasteiger partial charge in [0.25, 0.3) is 0 Å². The predicted molar refractivity (Wildman–Crippen MR) is 107 cm³/mol. The summed E-state index contributed by atoms with van der Waals surface area (Å²) in [6.45, 7) is 5.00. The van der Waals surface area contributed by atoms with Gasteiger partial charge >= 0.3 is 92.2 Å². The average molecular weight is 721 g/mol. The number of hydrogen-bond donors (Lipinski definition) is 0. The molecular formula is C16H27Br4Cl2Mg4N. The van der Waals surface area contributed by atoms with Crippen LogP contribution in [0.4, 0.5) is 0 Å². The molecule has 0 radical (unpaired) electrons. The van der Waals surface area contributed by atoms with Gasteiger partial charge in [-0.15, -0.1) is 23.9 Å². The Hall–Kier alpha value is 4.64. The van der Waals surface area contributed by atoms with E-state index in [9.17, 15) is 0 Å². The van der Waals surface area contributed by atoms with E-state index in [1.165, 1.54) is 19.3 Å². The first-order valence-corrected chi connectivity index (χ1v) is 6.90. The van der Waals surface area contributed by atoms with Crippen LogP contribution in [0.25, 0.3) is 5.32 Å². The van der Waals surface area contributed by atoms with Crippen molar-refractivity contribution in [3.05, 3.63) is 18.7 Å². The van der Waals surface area contributed by atoms with Crippen LogP contribution < -0.4 is 80.3 Å². The molecule has 1 saturated carbocycles. The van der Waals surface area contributed by atoms with E-state index in [0.29, 0.717) is 5.92 Å². The zero-order valence-corrected chi connectivity index (χ0v) is 30.4. The number of rotatable bonds is 3. The number of nitrogens with zero attached hydrogens (tertiary/aromatic N) is 1. The fourth-order valence-electron chi connectivity index (χ4n) is 0.874. The first-order chi connectivity index (χ1) is 8.76. The van der Waals surface area contributed by atoms with Crippen LogP contribution >= 0.6 is 11.6 Å². The number of hydrogen-bond acceptors (Lipinski definition) is 0. The van der Waals surface area contributed by atoms with Crippen molar-refractivity contribution in [3.63, 3.8) is 0 Å². The minimum absolute atomic E-state index is 0. The molecule has 146 valence electrons. The van der Waals surface area contributed by atoms with Gasteiger partial charge in [-0.1, -0.05) is 6.42 Å². The standard InChI is InChI=1S/C6H9Cl.C6H7.C2H6N.C2H5.4BrH.ClH.4Mg/c1-2-3-4-5-6-7;1-2-6-4-3-5-6;1-3-2;1-2;;;;;;;;;/h1H,3-6H2;6H,3-5H2;1-2H3;1H2,2H3;5*1H;;;;/q;3*-1;;;;;;4*+2/p-5. The van der Waals surface area contributed by atoms with Crippen LogP contribution in [0.1, 0.15) is 45.4 Å². The normalized spacial score (nSPS) is 7.81. The molecule has 0 amide bonds. The molecule has 0 heterocycles. The van der Waals surface area contributed by atoms with Crippen molar-refractivity contribution in [2.45, 2.75) is 45.4 Å². The van der Waals surface area contributed by atoms with Gasteiger partial charge < -0.3 is 105 Å². The van der Waals surface area contributed by atoms with E-state index in [0.717, 1.165) is 25.1 Å². The van der Waals surface area contributed by atoms with Crippen molar-refractivity contribution in [2.24, 2.45) is 5.92 Å². The molecule has 1 aliphatic rings. The van der Waals surface area contributed by atoms with E-state index in [1.54, 1.807) is 21.0 Å². The summed E-state index contributed by atoms with van der Waals surface area (Å²) in [5, 5.41) is 3.50. The van der Waals surface area contributed by atoms with E-state index in [2.05, 4.69) is 24.1 Å². The van der Waals surface area contributed by atoms with Crippen molar-refractivity contribution >= 4 is 104 Å². The Kier molecular flexibility index (Phi) is 247. The third-order valence-corrected chi connectivity index (χ3v) is 2.28. The van der Waals surface area contributed by atoms with Crippen molar-refractivity contribution in [3.8, 4) is 18.3 Å². The van der Waals surface area contributed by atoms with Crippen LogP contribution in [0.2, 0.25) is 0 Å². The SMILES string of the molecule is C#CCCCCCl.C[N-]C.[Br-].[Br-].[Br-].[Br-].[C-]#CC1CCC1.[CH2-]C.[Cl-].[Mg+2].[Mg+2].[Mg+2].[Mg+2]. The molecule has 0 aromatic heterocycles. The first kappa shape index (κ1) is 77.0. The number of unbranched alkanes of at least 4 members (excludes halogenated alkanes) is 2. The van der Waals surface area contributed by atoms with Crippen LogP contribution in [0.15, 0.2) is 0 Å². The molecule has 0 spiro atoms. The Bertz CT molecular complexity index is 231. The van der Waals surface area contributed by atoms with Gasteiger partial charge in [-0.25, -0.2) is 0 Å². The van der Waals surface area contributed by atoms with Crippen LogP contribution in [-0.4, -0.2) is 112 Å². The van der Waals surface area contributed by atoms with Crippen LogP contribution in [0, 0.1) is 37.5 Å². The second-order valence-corrected chi connectivity index (χ2v) is 3.95. The Morgan fingerprint density at radius 3 is 1.44 bits per heavy atom. The molecule has 0 saturated heterocycles. The summed E-state index contributed by atoms with van der Waals surface area (Å²) < 4.78 is 0. The molecular weight excluding hydrogens is 694 g/mol. The van der Waals surface area contributed by atoms with Gasteiger partial charge in [0.1, 0.15) is 0 Å². The molecule has 27 heavy (non-hydrogen) atoms. The largest absolute Gasteiger partial charge is 2.00 e. The molecule has 0 aromatic rings. The van der Waals surface area contributed by atoms with Crippen LogP contribution in [-0.2, 0) is 0 Å². The summed E-state index contributed by atoms with van der Waals surface area (Å²) in [6, 6.07) is 0. The molecule has 0 bridgehead atoms. The van der Waals surface area contributed by atoms with E-state index >= 15 is 0 Å². The van der Waals surface area contributed by atoms with Gasteiger partial charge in [0.05, 0.1) is 0 Å². The average Bonchev–Trinajstić information content (AvgIpc) is 2.33. The van der Waals surface area contributed by atoms with Gasteiger partial charge in [0.2, 0.25) is 0 Å². The Morgan fingerprint density at radius 1 is 1.00 bits per heavy atom. The molecule has 1 rings (SSSR count). The van der Waals surface area contributed by atoms with Crippen LogP contribution in [0.5, 0.6) is 0 Å². The monoisotopic (exact) mass is 715 g/mol. The molecule has 0 aromatic carbocycles. The third-order valence-electron chi connectivity index (χ3n) is 2.01. The van der Waals surface area contributed by atoms with Gasteiger partial charge in [0, 0.05) is 12.3 Å². The Balaban J connectivity index is -0.0000000106. The van der Waals surface area contributed by atoms with Gasteiger partial charge in [0.15, 0.2) is 0 Å². The van der Waals surface area contributed by atoms with E-state index < -0.39 is 0 Å². The second kappa shape index (κ2) is 86.5. The Labute approximate surface area is 287 Å². The molecule has 1 aliphatic carbocycles. The molecule has 1 fully saturated rings.